The van der Waals surface area contributed by atoms with Crippen LogP contribution < -0.4 is 9.21 Å². The van der Waals surface area contributed by atoms with Crippen LogP contribution in [0.4, 0.5) is 11.4 Å². The number of halogens is 1. The van der Waals surface area contributed by atoms with E-state index in [1.807, 2.05) is 24.3 Å². The summed E-state index contributed by atoms with van der Waals surface area (Å²) in [6.45, 7) is 1.63. The van der Waals surface area contributed by atoms with Gasteiger partial charge in [0.1, 0.15) is 11.8 Å². The van der Waals surface area contributed by atoms with Crippen LogP contribution in [0.25, 0.3) is 11.1 Å². The first kappa shape index (κ1) is 27.4. The third kappa shape index (κ3) is 6.93. The summed E-state index contributed by atoms with van der Waals surface area (Å²) in [5.41, 5.74) is 2.42. The van der Waals surface area contributed by atoms with Crippen molar-refractivity contribution in [3.8, 4) is 16.9 Å². The predicted octanol–water partition coefficient (Wildman–Crippen LogP) is 5.10. The van der Waals surface area contributed by atoms with Gasteiger partial charge in [0.25, 0.3) is 0 Å². The molecule has 3 aromatic carbocycles. The predicted molar refractivity (Wildman–Crippen MR) is 142 cm³/mol. The van der Waals surface area contributed by atoms with Crippen LogP contribution in [0, 0.1) is 0 Å². The van der Waals surface area contributed by atoms with Gasteiger partial charge in [-0.15, -0.1) is 0 Å². The zero-order valence-electron chi connectivity index (χ0n) is 19.5. The number of carboxylic acid groups (broad SMARTS) is 1. The van der Waals surface area contributed by atoms with Gasteiger partial charge in [0, 0.05) is 34.9 Å². The van der Waals surface area contributed by atoms with Gasteiger partial charge in [-0.1, -0.05) is 52.3 Å². The van der Waals surface area contributed by atoms with Crippen molar-refractivity contribution >= 4 is 50.4 Å². The maximum atomic E-state index is 12.1. The second-order valence-electron chi connectivity index (χ2n) is 8.11. The Morgan fingerprint density at radius 2 is 1.56 bits per heavy atom. The monoisotopic (exact) mass is 573 g/mol. The van der Waals surface area contributed by atoms with Crippen LogP contribution in [0.1, 0.15) is 26.2 Å². The lowest BCUT2D eigenvalue weighted by Crippen LogP contribution is -2.42. The molecule has 0 heterocycles. The number of para-hydroxylation sites is 2. The van der Waals surface area contributed by atoms with Crippen molar-refractivity contribution in [3.63, 3.8) is 0 Å². The van der Waals surface area contributed by atoms with Gasteiger partial charge in [0.2, 0.25) is 5.91 Å². The lowest BCUT2D eigenvalue weighted by Gasteiger charge is -2.32. The summed E-state index contributed by atoms with van der Waals surface area (Å²) in [7, 11) is 0. The van der Waals surface area contributed by atoms with Crippen LogP contribution in [-0.4, -0.2) is 43.4 Å². The SMILES string of the molecule is CC(=O)N(CCCCC(C(=O)O)N(c1ccc(-c2ccc(Br)cc2)cc1)S(=O)[O-])c1ccccc1O. The average molecular weight is 574 g/mol. The first-order chi connectivity index (χ1) is 17.2. The molecule has 0 aromatic heterocycles. The molecule has 0 spiro atoms. The van der Waals surface area contributed by atoms with E-state index in [1.165, 1.54) is 17.9 Å². The van der Waals surface area contributed by atoms with Gasteiger partial charge in [0.15, 0.2) is 0 Å². The highest BCUT2D eigenvalue weighted by Crippen LogP contribution is 2.29. The van der Waals surface area contributed by atoms with Gasteiger partial charge in [0.05, 0.1) is 5.69 Å². The number of carbonyl (C=O) groups is 2. The number of aromatic hydroxyl groups is 1. The summed E-state index contributed by atoms with van der Waals surface area (Å²) in [6, 6.07) is 19.4. The van der Waals surface area contributed by atoms with E-state index in [4.69, 9.17) is 0 Å². The van der Waals surface area contributed by atoms with Crippen LogP contribution in [0.15, 0.2) is 77.3 Å². The van der Waals surface area contributed by atoms with Crippen molar-refractivity contribution < 1.29 is 28.6 Å². The van der Waals surface area contributed by atoms with Gasteiger partial charge in [-0.2, -0.15) is 0 Å². The van der Waals surface area contributed by atoms with Crippen LogP contribution in [-0.2, 0) is 20.9 Å². The number of anilines is 2. The number of hydrogen-bond donors (Lipinski definition) is 2. The molecule has 0 saturated heterocycles. The number of unbranched alkanes of at least 4 members (excludes halogenated alkanes) is 1. The normalized spacial score (nSPS) is 12.5. The third-order valence-electron chi connectivity index (χ3n) is 5.69. The molecule has 0 fully saturated rings. The number of amides is 1. The molecule has 0 saturated carbocycles. The minimum absolute atomic E-state index is 0.0318. The van der Waals surface area contributed by atoms with E-state index in [-0.39, 0.29) is 30.3 Å². The first-order valence-electron chi connectivity index (χ1n) is 11.2. The quantitative estimate of drug-likeness (QED) is 0.243. The van der Waals surface area contributed by atoms with Crippen LogP contribution in [0.2, 0.25) is 0 Å². The average Bonchev–Trinajstić information content (AvgIpc) is 2.84. The number of carboxylic acids is 1. The number of carbonyl (C=O) groups excluding carboxylic acids is 1. The number of benzene rings is 3. The molecule has 0 aliphatic rings. The van der Waals surface area contributed by atoms with E-state index in [0.717, 1.165) is 19.9 Å². The van der Waals surface area contributed by atoms with Crippen LogP contribution in [0.5, 0.6) is 5.75 Å². The Kier molecular flexibility index (Phi) is 9.63. The minimum Gasteiger partial charge on any atom is -0.755 e. The summed E-state index contributed by atoms with van der Waals surface area (Å²) in [4.78, 5) is 25.5. The number of nitrogens with zero attached hydrogens (tertiary/aromatic N) is 2. The molecule has 2 atom stereocenters. The molecule has 10 heteroatoms. The molecule has 0 aliphatic carbocycles. The maximum absolute atomic E-state index is 12.1. The van der Waals surface area contributed by atoms with Gasteiger partial charge in [-0.25, -0.2) is 4.79 Å². The van der Waals surface area contributed by atoms with Crippen molar-refractivity contribution in [2.24, 2.45) is 0 Å². The van der Waals surface area contributed by atoms with Crippen molar-refractivity contribution in [1.29, 1.82) is 0 Å². The molecule has 0 bridgehead atoms. The summed E-state index contributed by atoms with van der Waals surface area (Å²) in [5, 5.41) is 19.9. The summed E-state index contributed by atoms with van der Waals surface area (Å²) >= 11 is 0.574. The smallest absolute Gasteiger partial charge is 0.327 e. The van der Waals surface area contributed by atoms with E-state index in [0.29, 0.717) is 18.5 Å². The Balaban J connectivity index is 1.70. The topological polar surface area (TPSA) is 121 Å². The van der Waals surface area contributed by atoms with E-state index in [1.54, 1.807) is 42.5 Å². The molecule has 8 nitrogen and oxygen atoms in total. The number of rotatable bonds is 11. The Morgan fingerprint density at radius 1 is 0.972 bits per heavy atom. The third-order valence-corrected chi connectivity index (χ3v) is 7.01. The van der Waals surface area contributed by atoms with Crippen LogP contribution in [0.3, 0.4) is 0 Å². The fraction of sp³-hybridized carbons (Fsp3) is 0.231. The second-order valence-corrected chi connectivity index (χ2v) is 9.85. The van der Waals surface area contributed by atoms with Crippen molar-refractivity contribution in [2.75, 3.05) is 15.7 Å². The van der Waals surface area contributed by atoms with E-state index in [9.17, 15) is 28.6 Å². The molecule has 190 valence electrons. The number of phenols is 1. The largest absolute Gasteiger partial charge is 0.755 e. The summed E-state index contributed by atoms with van der Waals surface area (Å²) in [5.74, 6) is -1.56. The molecular formula is C26H26BrN2O6S-. The fourth-order valence-corrected chi connectivity index (χ4v) is 4.86. The second kappa shape index (κ2) is 12.7. The number of aliphatic carboxylic acids is 1. The molecule has 3 rings (SSSR count). The molecular weight excluding hydrogens is 548 g/mol. The fourth-order valence-electron chi connectivity index (χ4n) is 3.90. The summed E-state index contributed by atoms with van der Waals surface area (Å²) < 4.78 is 25.9. The lowest BCUT2D eigenvalue weighted by atomic mass is 10.0. The maximum Gasteiger partial charge on any atom is 0.327 e. The lowest BCUT2D eigenvalue weighted by molar-refractivity contribution is -0.138. The number of hydrogen-bond acceptors (Lipinski definition) is 5. The molecule has 1 amide bonds. The highest BCUT2D eigenvalue weighted by atomic mass is 79.9. The van der Waals surface area contributed by atoms with Gasteiger partial charge in [-0.3, -0.25) is 13.3 Å². The number of phenolic OH excluding ortho intramolecular Hbond substituents is 1. The highest BCUT2D eigenvalue weighted by molar-refractivity contribution is 9.10. The Morgan fingerprint density at radius 3 is 2.08 bits per heavy atom. The Hall–Kier alpha value is -3.21. The first-order valence-corrected chi connectivity index (χ1v) is 13.0. The molecule has 3 aromatic rings. The van der Waals surface area contributed by atoms with Crippen molar-refractivity contribution in [3.05, 3.63) is 77.3 Å². The Bertz CT molecular complexity index is 1220. The Labute approximate surface area is 220 Å². The zero-order valence-corrected chi connectivity index (χ0v) is 21.9. The minimum atomic E-state index is -2.81. The van der Waals surface area contributed by atoms with Gasteiger partial charge >= 0.3 is 5.97 Å². The molecule has 2 unspecified atom stereocenters. The summed E-state index contributed by atoms with van der Waals surface area (Å²) in [6.07, 6.45) is 0.808. The van der Waals surface area contributed by atoms with E-state index >= 15 is 0 Å². The van der Waals surface area contributed by atoms with E-state index < -0.39 is 23.3 Å². The van der Waals surface area contributed by atoms with Crippen molar-refractivity contribution in [1.82, 2.24) is 0 Å². The van der Waals surface area contributed by atoms with Gasteiger partial charge in [-0.05, 0) is 66.8 Å². The van der Waals surface area contributed by atoms with Gasteiger partial charge < -0.3 is 19.7 Å². The highest BCUT2D eigenvalue weighted by Gasteiger charge is 2.27. The molecule has 2 N–H and O–H groups in total. The molecule has 36 heavy (non-hydrogen) atoms. The van der Waals surface area contributed by atoms with Crippen molar-refractivity contribution in [2.45, 2.75) is 32.2 Å². The van der Waals surface area contributed by atoms with E-state index in [2.05, 4.69) is 15.9 Å². The standard InChI is InChI=1S/C26H27BrN2O6S/c1-18(30)28(23-6-2-3-8-25(23)31)17-5-4-7-24(26(32)33)29(36(34)35)22-15-11-20(12-16-22)19-9-13-21(27)14-10-19/h2-3,6,8-16,24,31H,4-5,7,17H2,1H3,(H,32,33)(H,34,35)/p-1. The van der Waals surface area contributed by atoms with Crippen LogP contribution >= 0.6 is 15.9 Å². The zero-order chi connectivity index (χ0) is 26.2. The molecule has 0 radical (unpaired) electrons. The molecule has 0 aliphatic heterocycles.